The van der Waals surface area contributed by atoms with Gasteiger partial charge < -0.3 is 14.4 Å². The zero-order valence-electron chi connectivity index (χ0n) is 18.2. The lowest BCUT2D eigenvalue weighted by Crippen LogP contribution is -2.15. The first-order valence-electron chi connectivity index (χ1n) is 11.6. The van der Waals surface area contributed by atoms with Gasteiger partial charge in [-0.3, -0.25) is 0 Å². The molecule has 0 N–H and O–H groups in total. The first kappa shape index (κ1) is 23.9. The van der Waals surface area contributed by atoms with E-state index in [1.807, 2.05) is 0 Å². The molecule has 1 aromatic rings. The molecule has 7 heteroatoms. The monoisotopic (exact) mass is 450 g/mol. The SMILES string of the molecule is O=C(OCCC1CCCCC1)c1cc(OOS)cc(C(=O)OCCC2CCCCC2)c1. The van der Waals surface area contributed by atoms with Crippen LogP contribution in [-0.4, -0.2) is 25.2 Å². The molecule has 1 aromatic carbocycles. The van der Waals surface area contributed by atoms with Crippen molar-refractivity contribution in [1.29, 1.82) is 0 Å². The van der Waals surface area contributed by atoms with Crippen LogP contribution in [-0.2, 0) is 13.8 Å². The van der Waals surface area contributed by atoms with Crippen LogP contribution < -0.4 is 4.89 Å². The van der Waals surface area contributed by atoms with Crippen LogP contribution in [0.5, 0.6) is 5.75 Å². The van der Waals surface area contributed by atoms with Crippen LogP contribution in [0.1, 0.15) is 97.8 Å². The number of esters is 2. The van der Waals surface area contributed by atoms with Crippen LogP contribution in [0.2, 0.25) is 0 Å². The maximum atomic E-state index is 12.5. The summed E-state index contributed by atoms with van der Waals surface area (Å²) in [5.41, 5.74) is 0.455. The van der Waals surface area contributed by atoms with Crippen molar-refractivity contribution in [1.82, 2.24) is 0 Å². The van der Waals surface area contributed by atoms with Crippen molar-refractivity contribution >= 4 is 24.8 Å². The zero-order chi connectivity index (χ0) is 21.9. The summed E-state index contributed by atoms with van der Waals surface area (Å²) in [7, 11) is 0. The van der Waals surface area contributed by atoms with Crippen LogP contribution in [0.25, 0.3) is 0 Å². The Morgan fingerprint density at radius 3 is 1.61 bits per heavy atom. The average molecular weight is 451 g/mol. The highest BCUT2D eigenvalue weighted by Gasteiger charge is 2.19. The third kappa shape index (κ3) is 8.04. The van der Waals surface area contributed by atoms with Crippen molar-refractivity contribution in [3.05, 3.63) is 29.3 Å². The van der Waals surface area contributed by atoms with Crippen LogP contribution in [0.3, 0.4) is 0 Å². The van der Waals surface area contributed by atoms with Crippen molar-refractivity contribution < 1.29 is 28.3 Å². The fraction of sp³-hybridized carbons (Fsp3) is 0.667. The summed E-state index contributed by atoms with van der Waals surface area (Å²) >= 11 is 3.58. The summed E-state index contributed by atoms with van der Waals surface area (Å²) in [5, 5.41) is 0. The second kappa shape index (κ2) is 13.0. The molecule has 2 aliphatic rings. The topological polar surface area (TPSA) is 71.1 Å². The van der Waals surface area contributed by atoms with Gasteiger partial charge in [0.1, 0.15) is 0 Å². The van der Waals surface area contributed by atoms with Crippen LogP contribution in [0.4, 0.5) is 0 Å². The van der Waals surface area contributed by atoms with Gasteiger partial charge >= 0.3 is 11.9 Å². The summed E-state index contributed by atoms with van der Waals surface area (Å²) < 4.78 is 15.3. The Balaban J connectivity index is 1.54. The molecular formula is C24H34O6S. The molecule has 6 nitrogen and oxygen atoms in total. The number of carbonyl (C=O) groups is 2. The number of benzene rings is 1. The van der Waals surface area contributed by atoms with E-state index in [4.69, 9.17) is 14.4 Å². The Bertz CT molecular complexity index is 656. The van der Waals surface area contributed by atoms with Crippen molar-refractivity contribution in [3.63, 3.8) is 0 Å². The average Bonchev–Trinajstić information content (AvgIpc) is 2.80. The van der Waals surface area contributed by atoms with E-state index < -0.39 is 11.9 Å². The molecular weight excluding hydrogens is 416 g/mol. The molecule has 3 rings (SSSR count). The maximum absolute atomic E-state index is 12.5. The lowest BCUT2D eigenvalue weighted by atomic mass is 9.87. The van der Waals surface area contributed by atoms with E-state index in [9.17, 15) is 9.59 Å². The predicted octanol–water partition coefficient (Wildman–Crippen LogP) is 6.10. The highest BCUT2D eigenvalue weighted by Crippen LogP contribution is 2.27. The number of ether oxygens (including phenoxy) is 2. The first-order chi connectivity index (χ1) is 15.2. The van der Waals surface area contributed by atoms with E-state index in [1.54, 1.807) is 0 Å². The molecule has 0 heterocycles. The molecule has 0 amide bonds. The van der Waals surface area contributed by atoms with Gasteiger partial charge in [-0.1, -0.05) is 64.2 Å². The first-order valence-corrected chi connectivity index (χ1v) is 12.0. The summed E-state index contributed by atoms with van der Waals surface area (Å²) in [6, 6.07) is 4.42. The molecule has 0 atom stereocenters. The van der Waals surface area contributed by atoms with Gasteiger partial charge in [-0.05, 0) is 42.9 Å². The van der Waals surface area contributed by atoms with E-state index in [0.717, 1.165) is 12.8 Å². The molecule has 2 aliphatic carbocycles. The Labute approximate surface area is 190 Å². The predicted molar refractivity (Wildman–Crippen MR) is 120 cm³/mol. The summed E-state index contributed by atoms with van der Waals surface area (Å²) in [5.74, 6) is 0.469. The molecule has 0 unspecified atom stereocenters. The fourth-order valence-corrected chi connectivity index (χ4v) is 4.77. The number of rotatable bonds is 10. The third-order valence-corrected chi connectivity index (χ3v) is 6.55. The van der Waals surface area contributed by atoms with E-state index in [0.29, 0.717) is 25.0 Å². The summed E-state index contributed by atoms with van der Waals surface area (Å²) in [6.07, 6.45) is 14.2. The van der Waals surface area contributed by atoms with E-state index >= 15 is 0 Å². The van der Waals surface area contributed by atoms with Crippen molar-refractivity contribution in [3.8, 4) is 5.75 Å². The molecule has 0 saturated heterocycles. The van der Waals surface area contributed by atoms with Gasteiger partial charge in [-0.15, -0.1) is 4.33 Å². The minimum atomic E-state index is -0.489. The smallest absolute Gasteiger partial charge is 0.338 e. The number of hydrogen-bond acceptors (Lipinski definition) is 7. The van der Waals surface area contributed by atoms with Crippen molar-refractivity contribution in [2.75, 3.05) is 13.2 Å². The zero-order valence-corrected chi connectivity index (χ0v) is 19.1. The van der Waals surface area contributed by atoms with E-state index in [-0.39, 0.29) is 16.9 Å². The number of carbonyl (C=O) groups excluding carboxylic acids is 2. The van der Waals surface area contributed by atoms with Crippen molar-refractivity contribution in [2.45, 2.75) is 77.0 Å². The minimum absolute atomic E-state index is 0.191. The van der Waals surface area contributed by atoms with Gasteiger partial charge in [0.05, 0.1) is 24.3 Å². The lowest BCUT2D eigenvalue weighted by molar-refractivity contribution is -0.0743. The molecule has 172 valence electrons. The van der Waals surface area contributed by atoms with Gasteiger partial charge in [0.25, 0.3) is 0 Å². The molecule has 0 spiro atoms. The Morgan fingerprint density at radius 1 is 0.742 bits per heavy atom. The normalized spacial score (nSPS) is 17.8. The number of thiol groups is 1. The molecule has 0 bridgehead atoms. The van der Waals surface area contributed by atoms with Gasteiger partial charge in [-0.2, -0.15) is 0 Å². The van der Waals surface area contributed by atoms with Crippen molar-refractivity contribution in [2.24, 2.45) is 11.8 Å². The second-order valence-electron chi connectivity index (χ2n) is 8.76. The van der Waals surface area contributed by atoms with Crippen LogP contribution >= 0.6 is 12.9 Å². The molecule has 0 aliphatic heterocycles. The highest BCUT2D eigenvalue weighted by molar-refractivity contribution is 7.74. The fourth-order valence-electron chi connectivity index (χ4n) is 4.68. The van der Waals surface area contributed by atoms with Gasteiger partial charge in [0.2, 0.25) is 0 Å². The quantitative estimate of drug-likeness (QED) is 0.153. The third-order valence-electron chi connectivity index (χ3n) is 6.48. The maximum Gasteiger partial charge on any atom is 0.338 e. The minimum Gasteiger partial charge on any atom is -0.462 e. The standard InChI is InChI=1S/C24H34O6S/c25-23(27-13-11-18-7-3-1-4-8-18)20-15-21(17-22(16-20)29-30-31)24(26)28-14-12-19-9-5-2-6-10-19/h15-19,31H,1-14H2. The van der Waals surface area contributed by atoms with Gasteiger partial charge in [0, 0.05) is 12.9 Å². The molecule has 2 saturated carbocycles. The highest BCUT2D eigenvalue weighted by atomic mass is 32.1. The molecule has 0 radical (unpaired) electrons. The Morgan fingerprint density at radius 2 is 1.19 bits per heavy atom. The van der Waals surface area contributed by atoms with Gasteiger partial charge in [-0.25, -0.2) is 9.59 Å². The van der Waals surface area contributed by atoms with Crippen LogP contribution in [0, 0.1) is 11.8 Å². The summed E-state index contributed by atoms with van der Waals surface area (Å²) in [4.78, 5) is 30.0. The van der Waals surface area contributed by atoms with E-state index in [1.165, 1.54) is 82.4 Å². The van der Waals surface area contributed by atoms with E-state index in [2.05, 4.69) is 17.2 Å². The molecule has 2 fully saturated rings. The summed E-state index contributed by atoms with van der Waals surface area (Å²) in [6.45, 7) is 0.748. The largest absolute Gasteiger partial charge is 0.462 e. The van der Waals surface area contributed by atoms with Crippen LogP contribution in [0.15, 0.2) is 18.2 Å². The molecule has 31 heavy (non-hydrogen) atoms. The number of hydrogen-bond donors (Lipinski definition) is 1. The second-order valence-corrected chi connectivity index (χ2v) is 8.91. The lowest BCUT2D eigenvalue weighted by Gasteiger charge is -2.21. The van der Waals surface area contributed by atoms with Gasteiger partial charge in [0.15, 0.2) is 5.75 Å². The Hall–Kier alpha value is -1.73. The Kier molecular flexibility index (Phi) is 10.0. The molecule has 0 aromatic heterocycles.